The molecule has 0 saturated carbocycles. The summed E-state index contributed by atoms with van der Waals surface area (Å²) in [5.41, 5.74) is -0.790. The standard InChI is InChI=1S/C21H17FN8O5S/c1-9-3-14(35-2)26-20(25-9)28-18(32)10-5-29(6-10)17-13(22)4-11-15(31)12(19(33)34)7-30(16(11)27-17)21-23-8-24-36-21/h3-4,7-8,10H,5-6H2,1-2H3,(H,33,34)(H,25,26,28,32). The number of hydrogen-bond donors (Lipinski definition) is 2. The van der Waals surface area contributed by atoms with Crippen molar-refractivity contribution in [3.63, 3.8) is 0 Å². The minimum absolute atomic E-state index is 0.0197. The fourth-order valence-electron chi connectivity index (χ4n) is 3.74. The Balaban J connectivity index is 1.43. The van der Waals surface area contributed by atoms with Gasteiger partial charge >= 0.3 is 5.97 Å². The Morgan fingerprint density at radius 3 is 2.69 bits per heavy atom. The molecule has 0 aliphatic carbocycles. The first-order chi connectivity index (χ1) is 17.2. The molecule has 0 radical (unpaired) electrons. The lowest BCUT2D eigenvalue weighted by Crippen LogP contribution is -2.53. The lowest BCUT2D eigenvalue weighted by molar-refractivity contribution is -0.120. The number of halogens is 1. The first kappa shape index (κ1) is 23.2. The quantitative estimate of drug-likeness (QED) is 0.382. The monoisotopic (exact) mass is 512 g/mol. The molecule has 184 valence electrons. The second-order valence-electron chi connectivity index (χ2n) is 7.90. The van der Waals surface area contributed by atoms with Gasteiger partial charge in [0, 0.05) is 42.6 Å². The van der Waals surface area contributed by atoms with Gasteiger partial charge in [-0.1, -0.05) is 0 Å². The molecule has 0 aromatic carbocycles. The average Bonchev–Trinajstić information content (AvgIpc) is 3.33. The molecule has 0 spiro atoms. The Labute approximate surface area is 205 Å². The molecule has 15 heteroatoms. The van der Waals surface area contributed by atoms with Gasteiger partial charge in [0.05, 0.1) is 18.4 Å². The average molecular weight is 512 g/mol. The van der Waals surface area contributed by atoms with Gasteiger partial charge in [0.25, 0.3) is 0 Å². The molecule has 1 aliphatic rings. The van der Waals surface area contributed by atoms with E-state index < -0.39 is 28.7 Å². The van der Waals surface area contributed by atoms with Crippen molar-refractivity contribution in [3.05, 3.63) is 52.0 Å². The molecular formula is C21H17FN8O5S. The van der Waals surface area contributed by atoms with Crippen molar-refractivity contribution < 1.29 is 23.8 Å². The number of methoxy groups -OCH3 is 1. The predicted molar refractivity (Wildman–Crippen MR) is 125 cm³/mol. The first-order valence-electron chi connectivity index (χ1n) is 10.5. The second-order valence-corrected chi connectivity index (χ2v) is 8.66. The van der Waals surface area contributed by atoms with E-state index in [9.17, 15) is 19.5 Å². The van der Waals surface area contributed by atoms with Crippen molar-refractivity contribution in [2.75, 3.05) is 30.4 Å². The summed E-state index contributed by atoms with van der Waals surface area (Å²) in [5, 5.41) is 12.1. The van der Waals surface area contributed by atoms with E-state index in [1.165, 1.54) is 22.9 Å². The van der Waals surface area contributed by atoms with E-state index in [0.29, 0.717) is 11.6 Å². The summed E-state index contributed by atoms with van der Waals surface area (Å²) >= 11 is 0.950. The van der Waals surface area contributed by atoms with Crippen LogP contribution >= 0.6 is 11.5 Å². The summed E-state index contributed by atoms with van der Waals surface area (Å²) < 4.78 is 25.3. The van der Waals surface area contributed by atoms with Crippen LogP contribution in [0.4, 0.5) is 16.2 Å². The number of amides is 1. The van der Waals surface area contributed by atoms with Crippen molar-refractivity contribution in [1.82, 2.24) is 28.9 Å². The molecule has 5 heterocycles. The maximum Gasteiger partial charge on any atom is 0.341 e. The zero-order valence-corrected chi connectivity index (χ0v) is 19.6. The van der Waals surface area contributed by atoms with E-state index in [-0.39, 0.29) is 46.9 Å². The highest BCUT2D eigenvalue weighted by molar-refractivity contribution is 7.08. The Hall–Kier alpha value is -4.53. The third-order valence-electron chi connectivity index (χ3n) is 5.53. The number of aryl methyl sites for hydroxylation is 1. The molecule has 0 unspecified atom stereocenters. The van der Waals surface area contributed by atoms with Gasteiger partial charge in [-0.05, 0) is 13.0 Å². The summed E-state index contributed by atoms with van der Waals surface area (Å²) in [6, 6.07) is 2.57. The number of fused-ring (bicyclic) bond motifs is 1. The lowest BCUT2D eigenvalue weighted by Gasteiger charge is -2.39. The highest BCUT2D eigenvalue weighted by Crippen LogP contribution is 2.29. The third kappa shape index (κ3) is 4.08. The van der Waals surface area contributed by atoms with Crippen LogP contribution in [-0.2, 0) is 4.79 Å². The van der Waals surface area contributed by atoms with E-state index in [2.05, 4.69) is 29.6 Å². The third-order valence-corrected chi connectivity index (χ3v) is 6.19. The molecule has 4 aromatic rings. The largest absolute Gasteiger partial charge is 0.481 e. The van der Waals surface area contributed by atoms with Crippen LogP contribution in [0.3, 0.4) is 0 Å². The minimum atomic E-state index is -1.46. The van der Waals surface area contributed by atoms with Crippen LogP contribution in [0.5, 0.6) is 5.88 Å². The molecule has 36 heavy (non-hydrogen) atoms. The number of hydrogen-bond acceptors (Lipinski definition) is 11. The van der Waals surface area contributed by atoms with Crippen LogP contribution in [0.2, 0.25) is 0 Å². The maximum atomic E-state index is 15.0. The smallest absolute Gasteiger partial charge is 0.341 e. The molecule has 1 fully saturated rings. The number of carboxylic acid groups (broad SMARTS) is 1. The highest BCUT2D eigenvalue weighted by Gasteiger charge is 2.36. The van der Waals surface area contributed by atoms with Crippen LogP contribution in [0.25, 0.3) is 16.2 Å². The first-order valence-corrected chi connectivity index (χ1v) is 11.2. The van der Waals surface area contributed by atoms with E-state index >= 15 is 4.39 Å². The van der Waals surface area contributed by atoms with E-state index in [0.717, 1.165) is 23.8 Å². The van der Waals surface area contributed by atoms with Gasteiger partial charge in [0.1, 0.15) is 11.9 Å². The number of nitrogens with one attached hydrogen (secondary N) is 1. The number of carbonyl (C=O) groups is 2. The van der Waals surface area contributed by atoms with E-state index in [1.54, 1.807) is 13.0 Å². The predicted octanol–water partition coefficient (Wildman–Crippen LogP) is 1.26. The molecule has 13 nitrogen and oxygen atoms in total. The zero-order valence-electron chi connectivity index (χ0n) is 18.8. The molecule has 2 N–H and O–H groups in total. The van der Waals surface area contributed by atoms with Crippen LogP contribution in [0.15, 0.2) is 29.5 Å². The Morgan fingerprint density at radius 1 is 1.25 bits per heavy atom. The number of ether oxygens (including phenoxy) is 1. The topological polar surface area (TPSA) is 165 Å². The van der Waals surface area contributed by atoms with Gasteiger partial charge in [-0.25, -0.2) is 24.1 Å². The van der Waals surface area contributed by atoms with Gasteiger partial charge in [0.15, 0.2) is 17.3 Å². The second kappa shape index (κ2) is 8.92. The summed E-state index contributed by atoms with van der Waals surface area (Å²) in [4.78, 5) is 55.0. The van der Waals surface area contributed by atoms with Gasteiger partial charge < -0.3 is 14.7 Å². The van der Waals surface area contributed by atoms with Gasteiger partial charge in [-0.2, -0.15) is 9.36 Å². The van der Waals surface area contributed by atoms with Crippen molar-refractivity contribution in [1.29, 1.82) is 0 Å². The molecule has 1 saturated heterocycles. The highest BCUT2D eigenvalue weighted by atomic mass is 32.1. The fraction of sp³-hybridized carbons (Fsp3) is 0.238. The number of pyridine rings is 2. The number of rotatable bonds is 6. The number of carboxylic acids is 1. The SMILES string of the molecule is COc1cc(C)nc(NC(=O)C2CN(c3nc4c(cc3F)c(=O)c(C(=O)O)cn4-c3ncns3)C2)n1. The summed E-state index contributed by atoms with van der Waals surface area (Å²) in [5.74, 6) is -2.80. The number of aromatic carboxylic acids is 1. The summed E-state index contributed by atoms with van der Waals surface area (Å²) in [6.45, 7) is 2.04. The Bertz CT molecular complexity index is 1570. The van der Waals surface area contributed by atoms with Crippen LogP contribution in [0, 0.1) is 18.7 Å². The van der Waals surface area contributed by atoms with Crippen LogP contribution in [-0.4, -0.2) is 66.1 Å². The molecule has 5 rings (SSSR count). The Morgan fingerprint density at radius 2 is 2.03 bits per heavy atom. The number of carbonyl (C=O) groups excluding carboxylic acids is 1. The maximum absolute atomic E-state index is 15.0. The number of anilines is 2. The summed E-state index contributed by atoms with van der Waals surface area (Å²) in [7, 11) is 1.45. The number of aromatic nitrogens is 6. The van der Waals surface area contributed by atoms with Gasteiger partial charge in [-0.15, -0.1) is 0 Å². The van der Waals surface area contributed by atoms with Crippen molar-refractivity contribution in [2.45, 2.75) is 6.92 Å². The van der Waals surface area contributed by atoms with E-state index in [4.69, 9.17) is 4.74 Å². The molecule has 4 aromatic heterocycles. The number of nitrogens with zero attached hydrogens (tertiary/aromatic N) is 7. The molecule has 0 bridgehead atoms. The lowest BCUT2D eigenvalue weighted by atomic mass is 9.99. The molecular weight excluding hydrogens is 495 g/mol. The van der Waals surface area contributed by atoms with Crippen molar-refractivity contribution in [3.8, 4) is 11.0 Å². The summed E-state index contributed by atoms with van der Waals surface area (Å²) in [6.07, 6.45) is 2.35. The zero-order chi connectivity index (χ0) is 25.6. The van der Waals surface area contributed by atoms with Crippen LogP contribution < -0.4 is 20.4 Å². The van der Waals surface area contributed by atoms with Gasteiger partial charge in [0.2, 0.25) is 28.3 Å². The van der Waals surface area contributed by atoms with E-state index in [1.807, 2.05) is 0 Å². The Kier molecular flexibility index (Phi) is 5.75. The van der Waals surface area contributed by atoms with Gasteiger partial charge in [-0.3, -0.25) is 19.5 Å². The van der Waals surface area contributed by atoms with Crippen LogP contribution in [0.1, 0.15) is 16.1 Å². The normalized spacial score (nSPS) is 13.5. The molecule has 1 amide bonds. The molecule has 1 aliphatic heterocycles. The van der Waals surface area contributed by atoms with Crippen molar-refractivity contribution in [2.24, 2.45) is 5.92 Å². The van der Waals surface area contributed by atoms with Crippen molar-refractivity contribution >= 4 is 46.2 Å². The fourth-order valence-corrected chi connectivity index (χ4v) is 4.25. The molecule has 0 atom stereocenters. The minimum Gasteiger partial charge on any atom is -0.481 e.